The number of halogens is 1. The first kappa shape index (κ1) is 16.0. The molecule has 0 amide bonds. The van der Waals surface area contributed by atoms with Crippen molar-refractivity contribution in [2.45, 2.75) is 32.9 Å². The van der Waals surface area contributed by atoms with Crippen LogP contribution in [0.15, 0.2) is 18.5 Å². The lowest BCUT2D eigenvalue weighted by Gasteiger charge is -2.17. The van der Waals surface area contributed by atoms with Crippen LogP contribution in [0.1, 0.15) is 32.4 Å². The van der Waals surface area contributed by atoms with Gasteiger partial charge in [0.1, 0.15) is 5.82 Å². The van der Waals surface area contributed by atoms with E-state index in [1.54, 1.807) is 6.20 Å². The van der Waals surface area contributed by atoms with Crippen molar-refractivity contribution in [3.05, 3.63) is 29.8 Å². The summed E-state index contributed by atoms with van der Waals surface area (Å²) in [5, 5.41) is 12.9. The average Bonchev–Trinajstić information content (AvgIpc) is 2.35. The highest BCUT2D eigenvalue weighted by molar-refractivity contribution is 5.14. The Morgan fingerprint density at radius 3 is 2.68 bits per heavy atom. The molecule has 0 bridgehead atoms. The fraction of sp³-hybridized carbons (Fsp3) is 0.643. The zero-order chi connectivity index (χ0) is 14.3. The van der Waals surface area contributed by atoms with E-state index in [-0.39, 0.29) is 11.9 Å². The second-order valence-corrected chi connectivity index (χ2v) is 5.15. The van der Waals surface area contributed by atoms with Crippen LogP contribution in [-0.4, -0.2) is 36.0 Å². The molecule has 0 spiro atoms. The molecule has 2 unspecified atom stereocenters. The molecule has 1 aromatic rings. The number of aliphatic hydroxyl groups is 1. The fourth-order valence-electron chi connectivity index (χ4n) is 1.59. The summed E-state index contributed by atoms with van der Waals surface area (Å²) in [6.45, 7) is 7.36. The highest BCUT2D eigenvalue weighted by atomic mass is 19.1. The second-order valence-electron chi connectivity index (χ2n) is 5.15. The molecule has 0 aliphatic carbocycles. The summed E-state index contributed by atoms with van der Waals surface area (Å²) >= 11 is 0. The van der Waals surface area contributed by atoms with Gasteiger partial charge in [-0.25, -0.2) is 4.39 Å². The third-order valence-corrected chi connectivity index (χ3v) is 2.65. The van der Waals surface area contributed by atoms with Crippen molar-refractivity contribution >= 4 is 0 Å². The third kappa shape index (κ3) is 6.61. The Bertz CT molecular complexity index is 374. The molecule has 2 N–H and O–H groups in total. The molecule has 1 rings (SSSR count). The molecule has 108 valence electrons. The molecule has 1 aromatic heterocycles. The summed E-state index contributed by atoms with van der Waals surface area (Å²) in [6, 6.07) is 1.37. The Hall–Kier alpha value is -1.04. The van der Waals surface area contributed by atoms with Crippen LogP contribution in [0.25, 0.3) is 0 Å². The van der Waals surface area contributed by atoms with Crippen LogP contribution in [-0.2, 0) is 4.74 Å². The lowest BCUT2D eigenvalue weighted by molar-refractivity contribution is 0.0252. The van der Waals surface area contributed by atoms with Crippen molar-refractivity contribution in [2.75, 3.05) is 19.8 Å². The van der Waals surface area contributed by atoms with Gasteiger partial charge in [0.15, 0.2) is 0 Å². The molecule has 2 atom stereocenters. The summed E-state index contributed by atoms with van der Waals surface area (Å²) in [6.07, 6.45) is 2.22. The molecule has 0 saturated heterocycles. The number of hydrogen-bond donors (Lipinski definition) is 2. The number of nitrogens with zero attached hydrogens (tertiary/aromatic N) is 1. The molecule has 0 aliphatic rings. The van der Waals surface area contributed by atoms with E-state index in [4.69, 9.17) is 4.74 Å². The van der Waals surface area contributed by atoms with Gasteiger partial charge in [-0.1, -0.05) is 13.8 Å². The summed E-state index contributed by atoms with van der Waals surface area (Å²) in [4.78, 5) is 3.80. The van der Waals surface area contributed by atoms with Gasteiger partial charge in [0.05, 0.1) is 18.9 Å². The Kier molecular flexibility index (Phi) is 6.91. The average molecular weight is 270 g/mol. The Morgan fingerprint density at radius 1 is 1.32 bits per heavy atom. The number of rotatable bonds is 8. The summed E-state index contributed by atoms with van der Waals surface area (Å²) in [5.74, 6) is 0.101. The molecule has 19 heavy (non-hydrogen) atoms. The van der Waals surface area contributed by atoms with Crippen LogP contribution in [0, 0.1) is 11.7 Å². The van der Waals surface area contributed by atoms with Gasteiger partial charge in [0.25, 0.3) is 0 Å². The minimum atomic E-state index is -0.567. The van der Waals surface area contributed by atoms with Gasteiger partial charge >= 0.3 is 0 Å². The number of pyridine rings is 1. The Labute approximate surface area is 114 Å². The largest absolute Gasteiger partial charge is 0.389 e. The third-order valence-electron chi connectivity index (χ3n) is 2.65. The molecule has 0 saturated carbocycles. The van der Waals surface area contributed by atoms with Crippen molar-refractivity contribution in [2.24, 2.45) is 5.92 Å². The van der Waals surface area contributed by atoms with Crippen LogP contribution < -0.4 is 5.32 Å². The highest BCUT2D eigenvalue weighted by Crippen LogP contribution is 2.11. The SMILES string of the molecule is CC(C)COCC(O)CNC(C)c1cncc(F)c1. The van der Waals surface area contributed by atoms with Crippen molar-refractivity contribution in [3.63, 3.8) is 0 Å². The van der Waals surface area contributed by atoms with E-state index in [0.717, 1.165) is 5.56 Å². The number of hydrogen-bond acceptors (Lipinski definition) is 4. The Morgan fingerprint density at radius 2 is 2.05 bits per heavy atom. The summed E-state index contributed by atoms with van der Waals surface area (Å²) in [7, 11) is 0. The second kappa shape index (κ2) is 8.19. The van der Waals surface area contributed by atoms with E-state index >= 15 is 0 Å². The van der Waals surface area contributed by atoms with Gasteiger partial charge in [-0.15, -0.1) is 0 Å². The normalized spacial score (nSPS) is 14.6. The Balaban J connectivity index is 2.27. The van der Waals surface area contributed by atoms with Gasteiger partial charge in [-0.3, -0.25) is 4.98 Å². The molecule has 4 nitrogen and oxygen atoms in total. The predicted molar refractivity (Wildman–Crippen MR) is 72.3 cm³/mol. The van der Waals surface area contributed by atoms with E-state index in [2.05, 4.69) is 24.1 Å². The summed E-state index contributed by atoms with van der Waals surface area (Å²) < 4.78 is 18.4. The molecular weight excluding hydrogens is 247 g/mol. The van der Waals surface area contributed by atoms with Crippen LogP contribution in [0.4, 0.5) is 4.39 Å². The van der Waals surface area contributed by atoms with E-state index in [0.29, 0.717) is 25.7 Å². The minimum absolute atomic E-state index is 0.0667. The molecule has 0 aromatic carbocycles. The first-order valence-corrected chi connectivity index (χ1v) is 6.58. The fourth-order valence-corrected chi connectivity index (χ4v) is 1.59. The quantitative estimate of drug-likeness (QED) is 0.757. The van der Waals surface area contributed by atoms with Crippen LogP contribution in [0.3, 0.4) is 0 Å². The van der Waals surface area contributed by atoms with Crippen molar-refractivity contribution < 1.29 is 14.2 Å². The van der Waals surface area contributed by atoms with E-state index in [9.17, 15) is 9.50 Å². The molecule has 0 radical (unpaired) electrons. The van der Waals surface area contributed by atoms with Crippen molar-refractivity contribution in [1.29, 1.82) is 0 Å². The van der Waals surface area contributed by atoms with E-state index < -0.39 is 6.10 Å². The van der Waals surface area contributed by atoms with Gasteiger partial charge in [0, 0.05) is 25.4 Å². The zero-order valence-electron chi connectivity index (χ0n) is 11.8. The zero-order valence-corrected chi connectivity index (χ0v) is 11.8. The van der Waals surface area contributed by atoms with Gasteiger partial charge in [0.2, 0.25) is 0 Å². The topological polar surface area (TPSA) is 54.4 Å². The maximum absolute atomic E-state index is 13.0. The molecule has 5 heteroatoms. The lowest BCUT2D eigenvalue weighted by Crippen LogP contribution is -2.32. The van der Waals surface area contributed by atoms with Gasteiger partial charge in [-0.05, 0) is 24.5 Å². The first-order valence-electron chi connectivity index (χ1n) is 6.58. The highest BCUT2D eigenvalue weighted by Gasteiger charge is 2.10. The van der Waals surface area contributed by atoms with E-state index in [1.807, 2.05) is 6.92 Å². The molecular formula is C14H23FN2O2. The van der Waals surface area contributed by atoms with Crippen LogP contribution in [0.5, 0.6) is 0 Å². The van der Waals surface area contributed by atoms with Gasteiger partial charge in [-0.2, -0.15) is 0 Å². The maximum atomic E-state index is 13.0. The monoisotopic (exact) mass is 270 g/mol. The smallest absolute Gasteiger partial charge is 0.141 e. The van der Waals surface area contributed by atoms with Crippen molar-refractivity contribution in [3.8, 4) is 0 Å². The standard InChI is InChI=1S/C14H23FN2O2/c1-10(2)8-19-9-14(18)7-17-11(3)12-4-13(15)6-16-5-12/h4-6,10-11,14,17-18H,7-9H2,1-3H3. The maximum Gasteiger partial charge on any atom is 0.141 e. The first-order chi connectivity index (χ1) is 8.99. The van der Waals surface area contributed by atoms with Crippen LogP contribution in [0.2, 0.25) is 0 Å². The molecule has 0 aliphatic heterocycles. The minimum Gasteiger partial charge on any atom is -0.389 e. The van der Waals surface area contributed by atoms with Crippen molar-refractivity contribution in [1.82, 2.24) is 10.3 Å². The van der Waals surface area contributed by atoms with E-state index in [1.165, 1.54) is 12.3 Å². The number of aliphatic hydroxyl groups excluding tert-OH is 1. The predicted octanol–water partition coefficient (Wildman–Crippen LogP) is 1.90. The lowest BCUT2D eigenvalue weighted by atomic mass is 10.1. The molecule has 0 fully saturated rings. The number of aromatic nitrogens is 1. The number of nitrogens with one attached hydrogen (secondary N) is 1. The van der Waals surface area contributed by atoms with Crippen LogP contribution >= 0.6 is 0 Å². The molecule has 1 heterocycles. The summed E-state index contributed by atoms with van der Waals surface area (Å²) in [5.41, 5.74) is 0.760. The van der Waals surface area contributed by atoms with Gasteiger partial charge < -0.3 is 15.2 Å². The number of ether oxygens (including phenoxy) is 1.